The highest BCUT2D eigenvalue weighted by Gasteiger charge is 2.40. The fourth-order valence-electron chi connectivity index (χ4n) is 3.98. The lowest BCUT2D eigenvalue weighted by molar-refractivity contribution is -0.133. The lowest BCUT2D eigenvalue weighted by Gasteiger charge is -2.47. The van der Waals surface area contributed by atoms with E-state index in [4.69, 9.17) is 4.74 Å². The number of rotatable bonds is 4. The Labute approximate surface area is 169 Å². The number of likely N-dealkylation sites (tertiary alicyclic amines) is 1. The van der Waals surface area contributed by atoms with Gasteiger partial charge in [-0.3, -0.25) is 4.90 Å². The number of ether oxygens (including phenoxy) is 1. The fraction of sp³-hybridized carbons (Fsp3) is 0.500. The fourth-order valence-corrected chi connectivity index (χ4v) is 4.44. The van der Waals surface area contributed by atoms with Crippen molar-refractivity contribution in [1.82, 2.24) is 19.8 Å². The van der Waals surface area contributed by atoms with Gasteiger partial charge in [-0.15, -0.1) is 11.8 Å². The Bertz CT molecular complexity index is 790. The van der Waals surface area contributed by atoms with Gasteiger partial charge in [0.15, 0.2) is 0 Å². The summed E-state index contributed by atoms with van der Waals surface area (Å²) in [5.41, 5.74) is 0.691. The molecule has 0 bridgehead atoms. The molecule has 2 aromatic rings. The normalized spacial score (nSPS) is 19.7. The number of H-pyrrole nitrogens is 1. The van der Waals surface area contributed by atoms with E-state index in [0.717, 1.165) is 55.5 Å². The van der Waals surface area contributed by atoms with Crippen LogP contribution >= 0.6 is 11.8 Å². The van der Waals surface area contributed by atoms with Gasteiger partial charge in [-0.25, -0.2) is 9.78 Å². The molecule has 3 heterocycles. The third-order valence-corrected chi connectivity index (χ3v) is 6.26. The molecular formula is C20H27N5O2S. The quantitative estimate of drug-likeness (QED) is 0.771. The van der Waals surface area contributed by atoms with E-state index in [2.05, 4.69) is 20.2 Å². The molecule has 8 heteroatoms. The smallest absolute Gasteiger partial charge is 0.321 e. The van der Waals surface area contributed by atoms with Crippen molar-refractivity contribution in [2.45, 2.75) is 29.9 Å². The maximum atomic E-state index is 12.7. The van der Waals surface area contributed by atoms with Crippen LogP contribution in [0.5, 0.6) is 0 Å². The second-order valence-electron chi connectivity index (χ2n) is 7.43. The Balaban J connectivity index is 1.31. The molecule has 2 N–H and O–H groups in total. The molecule has 0 atom stereocenters. The van der Waals surface area contributed by atoms with E-state index in [9.17, 15) is 4.79 Å². The molecule has 0 saturated carbocycles. The van der Waals surface area contributed by atoms with E-state index >= 15 is 0 Å². The number of benzene rings is 1. The molecule has 1 aromatic carbocycles. The van der Waals surface area contributed by atoms with Gasteiger partial charge in [0.1, 0.15) is 5.82 Å². The number of imidazole rings is 1. The topological polar surface area (TPSA) is 73.5 Å². The van der Waals surface area contributed by atoms with Crippen LogP contribution in [0.15, 0.2) is 41.6 Å². The number of aromatic amines is 1. The predicted octanol–water partition coefficient (Wildman–Crippen LogP) is 3.03. The lowest BCUT2D eigenvalue weighted by atomic mass is 9.89. The van der Waals surface area contributed by atoms with Crippen molar-refractivity contribution in [3.05, 3.63) is 42.5 Å². The molecule has 4 rings (SSSR count). The second kappa shape index (κ2) is 8.55. The molecule has 150 valence electrons. The summed E-state index contributed by atoms with van der Waals surface area (Å²) in [6.45, 7) is 4.77. The van der Waals surface area contributed by atoms with Gasteiger partial charge in [0.2, 0.25) is 0 Å². The van der Waals surface area contributed by atoms with Crippen molar-refractivity contribution in [3.63, 3.8) is 0 Å². The van der Waals surface area contributed by atoms with Gasteiger partial charge < -0.3 is 19.9 Å². The number of hydrogen-bond donors (Lipinski definition) is 2. The van der Waals surface area contributed by atoms with Gasteiger partial charge in [0.25, 0.3) is 0 Å². The average Bonchev–Trinajstić information content (AvgIpc) is 3.22. The number of carbonyl (C=O) groups is 1. The Kier molecular flexibility index (Phi) is 5.89. The number of thioether (sulfide) groups is 1. The van der Waals surface area contributed by atoms with E-state index in [0.29, 0.717) is 13.1 Å². The van der Waals surface area contributed by atoms with Gasteiger partial charge in [0.05, 0.1) is 18.8 Å². The Morgan fingerprint density at radius 1 is 1.36 bits per heavy atom. The average molecular weight is 402 g/mol. The number of urea groups is 1. The Hall–Kier alpha value is -2.03. The van der Waals surface area contributed by atoms with E-state index in [1.807, 2.05) is 41.6 Å². The minimum absolute atomic E-state index is 0.0312. The van der Waals surface area contributed by atoms with Gasteiger partial charge in [0, 0.05) is 49.2 Å². The molecule has 2 saturated heterocycles. The number of morpholine rings is 1. The van der Waals surface area contributed by atoms with Crippen LogP contribution < -0.4 is 5.32 Å². The number of amides is 2. The van der Waals surface area contributed by atoms with E-state index in [1.54, 1.807) is 18.0 Å². The first-order chi connectivity index (χ1) is 13.7. The summed E-state index contributed by atoms with van der Waals surface area (Å²) in [6, 6.07) is 7.91. The minimum atomic E-state index is -0.152. The molecule has 2 amide bonds. The summed E-state index contributed by atoms with van der Waals surface area (Å²) in [5, 5.41) is 3.03. The number of hydrogen-bond acceptors (Lipinski definition) is 5. The van der Waals surface area contributed by atoms with Crippen LogP contribution in [0.2, 0.25) is 0 Å². The maximum absolute atomic E-state index is 12.7. The molecule has 0 unspecified atom stereocenters. The molecule has 0 aliphatic carbocycles. The van der Waals surface area contributed by atoms with E-state index < -0.39 is 0 Å². The zero-order chi connectivity index (χ0) is 19.4. The van der Waals surface area contributed by atoms with Crippen molar-refractivity contribution in [1.29, 1.82) is 0 Å². The van der Waals surface area contributed by atoms with Crippen LogP contribution in [0.1, 0.15) is 18.7 Å². The molecule has 2 aliphatic rings. The minimum Gasteiger partial charge on any atom is -0.372 e. The van der Waals surface area contributed by atoms with Crippen LogP contribution in [0.4, 0.5) is 10.5 Å². The standard InChI is InChI=1S/C20H27N5O2S/c1-28-17-4-2-3-16(13-17)23-19(26)25-9-5-20(6-10-25)15-24(11-12-27-20)14-18-21-7-8-22-18/h2-4,7-8,13H,5-6,9-12,14-15H2,1H3,(H,21,22)(H,23,26). The van der Waals surface area contributed by atoms with Crippen LogP contribution in [0, 0.1) is 0 Å². The highest BCUT2D eigenvalue weighted by molar-refractivity contribution is 7.98. The van der Waals surface area contributed by atoms with Crippen LogP contribution in [0.3, 0.4) is 0 Å². The van der Waals surface area contributed by atoms with Crippen molar-refractivity contribution in [2.75, 3.05) is 44.4 Å². The van der Waals surface area contributed by atoms with Gasteiger partial charge in [-0.05, 0) is 37.3 Å². The zero-order valence-corrected chi connectivity index (χ0v) is 17.0. The Morgan fingerprint density at radius 2 is 2.21 bits per heavy atom. The summed E-state index contributed by atoms with van der Waals surface area (Å²) in [5.74, 6) is 0.987. The van der Waals surface area contributed by atoms with E-state index in [-0.39, 0.29) is 11.6 Å². The highest BCUT2D eigenvalue weighted by Crippen LogP contribution is 2.31. The molecule has 1 spiro atoms. The van der Waals surface area contributed by atoms with E-state index in [1.165, 1.54) is 0 Å². The third kappa shape index (κ3) is 4.51. The van der Waals surface area contributed by atoms with Crippen molar-refractivity contribution >= 4 is 23.5 Å². The van der Waals surface area contributed by atoms with Crippen molar-refractivity contribution in [2.24, 2.45) is 0 Å². The van der Waals surface area contributed by atoms with Crippen LogP contribution in [0.25, 0.3) is 0 Å². The lowest BCUT2D eigenvalue weighted by Crippen LogP contribution is -2.57. The maximum Gasteiger partial charge on any atom is 0.321 e. The summed E-state index contributed by atoms with van der Waals surface area (Å²) in [7, 11) is 0. The number of carbonyl (C=O) groups excluding carboxylic acids is 1. The largest absolute Gasteiger partial charge is 0.372 e. The summed E-state index contributed by atoms with van der Waals surface area (Å²) in [4.78, 5) is 25.6. The number of nitrogens with one attached hydrogen (secondary N) is 2. The van der Waals surface area contributed by atoms with Crippen LogP contribution in [-0.4, -0.2) is 70.4 Å². The van der Waals surface area contributed by atoms with Crippen molar-refractivity contribution in [3.8, 4) is 0 Å². The molecule has 0 radical (unpaired) electrons. The highest BCUT2D eigenvalue weighted by atomic mass is 32.2. The summed E-state index contributed by atoms with van der Waals surface area (Å²) >= 11 is 1.67. The number of aromatic nitrogens is 2. The van der Waals surface area contributed by atoms with Crippen molar-refractivity contribution < 1.29 is 9.53 Å². The van der Waals surface area contributed by atoms with Crippen LogP contribution in [-0.2, 0) is 11.3 Å². The molecule has 2 fully saturated rings. The summed E-state index contributed by atoms with van der Waals surface area (Å²) in [6.07, 6.45) is 7.40. The molecule has 1 aromatic heterocycles. The third-order valence-electron chi connectivity index (χ3n) is 5.54. The number of piperidine rings is 1. The van der Waals surface area contributed by atoms with Gasteiger partial charge in [-0.1, -0.05) is 6.07 Å². The SMILES string of the molecule is CSc1cccc(NC(=O)N2CCC3(CC2)CN(Cc2ncc[nH]2)CCO3)c1. The number of nitrogens with zero attached hydrogens (tertiary/aromatic N) is 3. The van der Waals surface area contributed by atoms with Gasteiger partial charge in [-0.2, -0.15) is 0 Å². The molecule has 7 nitrogen and oxygen atoms in total. The van der Waals surface area contributed by atoms with Gasteiger partial charge >= 0.3 is 6.03 Å². The molecule has 28 heavy (non-hydrogen) atoms. The monoisotopic (exact) mass is 401 g/mol. The molecule has 2 aliphatic heterocycles. The zero-order valence-electron chi connectivity index (χ0n) is 16.2. The molecular weight excluding hydrogens is 374 g/mol. The Morgan fingerprint density at radius 3 is 2.96 bits per heavy atom. The first-order valence-electron chi connectivity index (χ1n) is 9.70. The number of anilines is 1. The second-order valence-corrected chi connectivity index (χ2v) is 8.31. The first kappa shape index (κ1) is 19.3. The first-order valence-corrected chi connectivity index (χ1v) is 10.9. The predicted molar refractivity (Wildman–Crippen MR) is 111 cm³/mol. The summed E-state index contributed by atoms with van der Waals surface area (Å²) < 4.78 is 6.20.